The highest BCUT2D eigenvalue weighted by Crippen LogP contribution is 2.30. The van der Waals surface area contributed by atoms with E-state index < -0.39 is 11.9 Å². The van der Waals surface area contributed by atoms with Crippen LogP contribution in [0, 0.1) is 0 Å². The molecule has 0 aliphatic heterocycles. The van der Waals surface area contributed by atoms with Gasteiger partial charge in [0.25, 0.3) is 0 Å². The van der Waals surface area contributed by atoms with E-state index in [4.69, 9.17) is 0 Å². The quantitative estimate of drug-likeness (QED) is 0.328. The molecule has 0 saturated heterocycles. The zero-order chi connectivity index (χ0) is 19.0. The summed E-state index contributed by atoms with van der Waals surface area (Å²) in [5, 5.41) is 7.91. The number of alkyl halides is 3. The molecule has 2 N–H and O–H groups in total. The lowest BCUT2D eigenvalue weighted by molar-refractivity contribution is -0.140. The third-order valence-electron chi connectivity index (χ3n) is 4.65. The first-order valence-corrected chi connectivity index (χ1v) is 9.94. The molecule has 1 saturated carbocycles. The molecular formula is C17H29F3IN5S. The van der Waals surface area contributed by atoms with Crippen molar-refractivity contribution in [1.29, 1.82) is 0 Å². The van der Waals surface area contributed by atoms with Crippen molar-refractivity contribution in [2.75, 3.05) is 33.7 Å². The summed E-state index contributed by atoms with van der Waals surface area (Å²) in [4.78, 5) is 10.2. The van der Waals surface area contributed by atoms with Crippen molar-refractivity contribution in [3.63, 3.8) is 0 Å². The van der Waals surface area contributed by atoms with Gasteiger partial charge in [0.05, 0.1) is 5.01 Å². The molecule has 0 amide bonds. The van der Waals surface area contributed by atoms with Gasteiger partial charge in [0.15, 0.2) is 11.7 Å². The molecule has 1 aliphatic carbocycles. The van der Waals surface area contributed by atoms with Crippen molar-refractivity contribution >= 4 is 41.3 Å². The number of nitrogens with one attached hydrogen (secondary N) is 2. The number of aliphatic imine (C=N–C) groups is 1. The molecular weight excluding hydrogens is 490 g/mol. The van der Waals surface area contributed by atoms with E-state index in [1.807, 2.05) is 0 Å². The fraction of sp³-hybridized carbons (Fsp3) is 0.765. The Morgan fingerprint density at radius 1 is 1.26 bits per heavy atom. The van der Waals surface area contributed by atoms with Crippen LogP contribution in [0.3, 0.4) is 0 Å². The molecule has 10 heteroatoms. The Bertz CT molecular complexity index is 573. The summed E-state index contributed by atoms with van der Waals surface area (Å²) in [5.41, 5.74) is -0.814. The van der Waals surface area contributed by atoms with Crippen LogP contribution < -0.4 is 10.6 Å². The Kier molecular flexibility index (Phi) is 10.9. The van der Waals surface area contributed by atoms with Crippen LogP contribution in [0.25, 0.3) is 0 Å². The standard InChI is InChI=1S/C17H28F3N5S.HI/c1-21-16(23-10-11-25(2)13-6-4-3-5-7-13)22-9-8-15-24-14(12-26-15)17(18,19)20;/h12-13H,3-11H2,1-2H3,(H2,21,22,23);1H. The van der Waals surface area contributed by atoms with Gasteiger partial charge in [0.2, 0.25) is 0 Å². The van der Waals surface area contributed by atoms with Gasteiger partial charge in [-0.3, -0.25) is 4.99 Å². The molecule has 0 aromatic carbocycles. The minimum Gasteiger partial charge on any atom is -0.356 e. The van der Waals surface area contributed by atoms with Gasteiger partial charge in [-0.05, 0) is 19.9 Å². The SMILES string of the molecule is CN=C(NCCc1nc(C(F)(F)F)cs1)NCCN(C)C1CCCCC1.I. The number of nitrogens with zero attached hydrogens (tertiary/aromatic N) is 3. The summed E-state index contributed by atoms with van der Waals surface area (Å²) in [6.45, 7) is 2.21. The predicted octanol–water partition coefficient (Wildman–Crippen LogP) is 3.75. The second-order valence-electron chi connectivity index (χ2n) is 6.57. The first-order chi connectivity index (χ1) is 12.4. The Balaban J connectivity index is 0.00000364. The maximum absolute atomic E-state index is 12.5. The molecule has 1 aromatic rings. The highest BCUT2D eigenvalue weighted by atomic mass is 127. The third kappa shape index (κ3) is 8.51. The lowest BCUT2D eigenvalue weighted by Gasteiger charge is -2.31. The van der Waals surface area contributed by atoms with Crippen LogP contribution in [0.2, 0.25) is 0 Å². The van der Waals surface area contributed by atoms with Crippen LogP contribution in [0.5, 0.6) is 0 Å². The smallest absolute Gasteiger partial charge is 0.356 e. The molecule has 0 unspecified atom stereocenters. The minimum absolute atomic E-state index is 0. The van der Waals surface area contributed by atoms with Crippen molar-refractivity contribution in [2.24, 2.45) is 4.99 Å². The Labute approximate surface area is 180 Å². The van der Waals surface area contributed by atoms with E-state index >= 15 is 0 Å². The van der Waals surface area contributed by atoms with Crippen molar-refractivity contribution in [1.82, 2.24) is 20.5 Å². The maximum Gasteiger partial charge on any atom is 0.434 e. The van der Waals surface area contributed by atoms with E-state index in [0.29, 0.717) is 30.0 Å². The average Bonchev–Trinajstić information content (AvgIpc) is 3.10. The van der Waals surface area contributed by atoms with Gasteiger partial charge in [0, 0.05) is 44.5 Å². The molecule has 0 radical (unpaired) electrons. The first-order valence-electron chi connectivity index (χ1n) is 9.06. The van der Waals surface area contributed by atoms with Crippen molar-refractivity contribution in [3.8, 4) is 0 Å². The fourth-order valence-corrected chi connectivity index (χ4v) is 3.92. The van der Waals surface area contributed by atoms with Crippen LogP contribution in [-0.4, -0.2) is 55.6 Å². The van der Waals surface area contributed by atoms with Gasteiger partial charge in [-0.15, -0.1) is 35.3 Å². The number of hydrogen-bond donors (Lipinski definition) is 2. The van der Waals surface area contributed by atoms with Gasteiger partial charge in [-0.1, -0.05) is 19.3 Å². The number of rotatable bonds is 7. The van der Waals surface area contributed by atoms with E-state index in [9.17, 15) is 13.2 Å². The molecule has 1 aromatic heterocycles. The van der Waals surface area contributed by atoms with E-state index in [1.165, 1.54) is 32.1 Å². The van der Waals surface area contributed by atoms with Crippen LogP contribution in [0.1, 0.15) is 42.8 Å². The van der Waals surface area contributed by atoms with Gasteiger partial charge >= 0.3 is 6.18 Å². The molecule has 0 bridgehead atoms. The highest BCUT2D eigenvalue weighted by molar-refractivity contribution is 14.0. The topological polar surface area (TPSA) is 52.6 Å². The molecule has 1 aliphatic rings. The second kappa shape index (κ2) is 12.1. The summed E-state index contributed by atoms with van der Waals surface area (Å²) in [5.74, 6) is 0.662. The Morgan fingerprint density at radius 3 is 2.52 bits per heavy atom. The monoisotopic (exact) mass is 519 g/mol. The van der Waals surface area contributed by atoms with E-state index in [1.54, 1.807) is 7.05 Å². The zero-order valence-electron chi connectivity index (χ0n) is 15.8. The number of guanidine groups is 1. The van der Waals surface area contributed by atoms with Crippen molar-refractivity contribution < 1.29 is 13.2 Å². The number of thiazole rings is 1. The van der Waals surface area contributed by atoms with Gasteiger partial charge in [-0.25, -0.2) is 4.98 Å². The van der Waals surface area contributed by atoms with Crippen molar-refractivity contribution in [2.45, 2.75) is 50.7 Å². The molecule has 156 valence electrons. The van der Waals surface area contributed by atoms with Gasteiger partial charge in [-0.2, -0.15) is 13.2 Å². The van der Waals surface area contributed by atoms with Crippen LogP contribution >= 0.6 is 35.3 Å². The van der Waals surface area contributed by atoms with Crippen LogP contribution in [0.4, 0.5) is 13.2 Å². The highest BCUT2D eigenvalue weighted by Gasteiger charge is 2.33. The molecule has 2 rings (SSSR count). The van der Waals surface area contributed by atoms with Crippen molar-refractivity contribution in [3.05, 3.63) is 16.1 Å². The largest absolute Gasteiger partial charge is 0.434 e. The third-order valence-corrected chi connectivity index (χ3v) is 5.56. The molecule has 27 heavy (non-hydrogen) atoms. The van der Waals surface area contributed by atoms with Crippen LogP contribution in [-0.2, 0) is 12.6 Å². The number of likely N-dealkylation sites (N-methyl/N-ethyl adjacent to an activating group) is 1. The Hall–Kier alpha value is -0.620. The number of hydrogen-bond acceptors (Lipinski definition) is 4. The molecule has 0 atom stereocenters. The maximum atomic E-state index is 12.5. The van der Waals surface area contributed by atoms with E-state index in [2.05, 4.69) is 32.6 Å². The molecule has 1 heterocycles. The fourth-order valence-electron chi connectivity index (χ4n) is 3.12. The van der Waals surface area contributed by atoms with Crippen LogP contribution in [0.15, 0.2) is 10.4 Å². The molecule has 5 nitrogen and oxygen atoms in total. The predicted molar refractivity (Wildman–Crippen MR) is 115 cm³/mol. The minimum atomic E-state index is -4.37. The summed E-state index contributed by atoms with van der Waals surface area (Å²) in [6.07, 6.45) is 2.60. The average molecular weight is 519 g/mol. The molecule has 0 spiro atoms. The summed E-state index contributed by atoms with van der Waals surface area (Å²) in [7, 11) is 3.85. The second-order valence-corrected chi connectivity index (χ2v) is 7.52. The lowest BCUT2D eigenvalue weighted by Crippen LogP contribution is -2.43. The Morgan fingerprint density at radius 2 is 1.93 bits per heavy atom. The van der Waals surface area contributed by atoms with Gasteiger partial charge < -0.3 is 15.5 Å². The lowest BCUT2D eigenvalue weighted by atomic mass is 9.94. The number of aromatic nitrogens is 1. The molecule has 1 fully saturated rings. The van der Waals surface area contributed by atoms with E-state index in [0.717, 1.165) is 29.8 Å². The normalized spacial score (nSPS) is 16.3. The summed E-state index contributed by atoms with van der Waals surface area (Å²) in [6, 6.07) is 0.674. The zero-order valence-corrected chi connectivity index (χ0v) is 19.0. The summed E-state index contributed by atoms with van der Waals surface area (Å²) >= 11 is 1.04. The number of halogens is 4. The van der Waals surface area contributed by atoms with Gasteiger partial charge in [0.1, 0.15) is 0 Å². The first kappa shape index (κ1) is 24.4. The summed E-state index contributed by atoms with van der Waals surface area (Å²) < 4.78 is 37.6. The van der Waals surface area contributed by atoms with E-state index in [-0.39, 0.29) is 24.0 Å².